The molecule has 8 heteroatoms. The number of aromatic nitrogens is 5. The van der Waals surface area contributed by atoms with Crippen LogP contribution in [0.4, 0.5) is 0 Å². The van der Waals surface area contributed by atoms with Crippen LogP contribution in [-0.4, -0.2) is 31.3 Å². The van der Waals surface area contributed by atoms with E-state index in [1.807, 2.05) is 0 Å². The molecule has 120 valence electrons. The monoisotopic (exact) mass is 341 g/mol. The number of hydrogen-bond acceptors (Lipinski definition) is 5. The molecule has 0 aliphatic heterocycles. The van der Waals surface area contributed by atoms with Gasteiger partial charge in [-0.15, -0.1) is 0 Å². The molecule has 0 spiro atoms. The first-order valence-corrected chi connectivity index (χ1v) is 7.53. The predicted octanol–water partition coefficient (Wildman–Crippen LogP) is 2.40. The summed E-state index contributed by atoms with van der Waals surface area (Å²) >= 11 is 6.08. The molecule has 0 saturated carbocycles. The van der Waals surface area contributed by atoms with Gasteiger partial charge in [0, 0.05) is 11.2 Å². The minimum atomic E-state index is -0.226. The van der Waals surface area contributed by atoms with Crippen molar-refractivity contribution in [2.24, 2.45) is 0 Å². The second-order valence-electron chi connectivity index (χ2n) is 5.24. The van der Waals surface area contributed by atoms with E-state index < -0.39 is 0 Å². The molecule has 1 aromatic carbocycles. The lowest BCUT2D eigenvalue weighted by Gasteiger charge is -2.13. The van der Waals surface area contributed by atoms with E-state index in [1.165, 1.54) is 10.9 Å². The Hall–Kier alpha value is -2.93. The molecule has 24 heavy (non-hydrogen) atoms. The average molecular weight is 342 g/mol. The van der Waals surface area contributed by atoms with E-state index in [2.05, 4.69) is 15.1 Å². The van der Waals surface area contributed by atoms with Gasteiger partial charge in [0.15, 0.2) is 0 Å². The smallest absolute Gasteiger partial charge is 0.266 e. The second kappa shape index (κ2) is 5.31. The number of benzene rings is 1. The molecule has 0 atom stereocenters. The second-order valence-corrected chi connectivity index (χ2v) is 5.67. The Morgan fingerprint density at radius 1 is 1.25 bits per heavy atom. The molecule has 0 amide bonds. The molecule has 0 bridgehead atoms. The van der Waals surface area contributed by atoms with Gasteiger partial charge in [-0.05, 0) is 31.2 Å². The lowest BCUT2D eigenvalue weighted by Crippen LogP contribution is -2.20. The largest absolute Gasteiger partial charge is 0.495 e. The minimum Gasteiger partial charge on any atom is -0.495 e. The van der Waals surface area contributed by atoms with Gasteiger partial charge in [0.25, 0.3) is 11.3 Å². The Morgan fingerprint density at radius 3 is 2.88 bits per heavy atom. The Morgan fingerprint density at radius 2 is 2.08 bits per heavy atom. The summed E-state index contributed by atoms with van der Waals surface area (Å²) in [5.41, 5.74) is 1.58. The molecule has 0 aliphatic rings. The number of aryl methyl sites for hydroxylation is 1. The van der Waals surface area contributed by atoms with Crippen LogP contribution < -0.4 is 10.3 Å². The highest BCUT2D eigenvalue weighted by Gasteiger charge is 2.15. The summed E-state index contributed by atoms with van der Waals surface area (Å²) in [4.78, 5) is 21.5. The molecule has 4 aromatic rings. The summed E-state index contributed by atoms with van der Waals surface area (Å²) in [7, 11) is 1.55. The van der Waals surface area contributed by atoms with E-state index >= 15 is 0 Å². The Kier molecular flexibility index (Phi) is 3.24. The highest BCUT2D eigenvalue weighted by Crippen LogP contribution is 2.26. The fourth-order valence-electron chi connectivity index (χ4n) is 2.77. The molecule has 0 unspecified atom stereocenters. The molecule has 0 N–H and O–H groups in total. The fraction of sp³-hybridized carbons (Fsp3) is 0.125. The topological polar surface area (TPSA) is 74.3 Å². The standard InChI is InChI=1S/C16H12ClN5O2/c1-9-14-11(22-16(20-9)18-8-19-22)5-6-21(15(14)23)12-7-10(17)3-4-13(12)24-2/h3-8H,1-2H3. The van der Waals surface area contributed by atoms with Crippen LogP contribution in [-0.2, 0) is 0 Å². The van der Waals surface area contributed by atoms with Gasteiger partial charge in [-0.1, -0.05) is 11.6 Å². The van der Waals surface area contributed by atoms with Crippen molar-refractivity contribution in [3.63, 3.8) is 0 Å². The summed E-state index contributed by atoms with van der Waals surface area (Å²) in [5, 5.41) is 5.11. The molecular weight excluding hydrogens is 330 g/mol. The van der Waals surface area contributed by atoms with E-state index in [9.17, 15) is 4.79 Å². The van der Waals surface area contributed by atoms with Crippen molar-refractivity contribution in [3.05, 3.63) is 57.9 Å². The molecular formula is C16H12ClN5O2. The predicted molar refractivity (Wildman–Crippen MR) is 90.2 cm³/mol. The van der Waals surface area contributed by atoms with Gasteiger partial charge in [-0.25, -0.2) is 4.98 Å². The maximum absolute atomic E-state index is 13.1. The molecule has 0 radical (unpaired) electrons. The van der Waals surface area contributed by atoms with Gasteiger partial charge in [0.1, 0.15) is 12.1 Å². The third kappa shape index (κ3) is 2.05. The third-order valence-electron chi connectivity index (χ3n) is 3.86. The molecule has 0 aliphatic carbocycles. The fourth-order valence-corrected chi connectivity index (χ4v) is 2.94. The van der Waals surface area contributed by atoms with Gasteiger partial charge in [0.05, 0.1) is 29.4 Å². The molecule has 0 saturated heterocycles. The van der Waals surface area contributed by atoms with Crippen molar-refractivity contribution in [2.75, 3.05) is 7.11 Å². The summed E-state index contributed by atoms with van der Waals surface area (Å²) < 4.78 is 8.38. The van der Waals surface area contributed by atoms with Crippen LogP contribution >= 0.6 is 11.6 Å². The number of methoxy groups -OCH3 is 1. The lowest BCUT2D eigenvalue weighted by molar-refractivity contribution is 0.412. The van der Waals surface area contributed by atoms with Crippen molar-refractivity contribution in [1.29, 1.82) is 0 Å². The maximum atomic E-state index is 13.1. The van der Waals surface area contributed by atoms with Crippen molar-refractivity contribution < 1.29 is 4.74 Å². The van der Waals surface area contributed by atoms with Gasteiger partial charge in [0.2, 0.25) is 0 Å². The summed E-state index contributed by atoms with van der Waals surface area (Å²) in [6, 6.07) is 6.92. The third-order valence-corrected chi connectivity index (χ3v) is 4.09. The van der Waals surface area contributed by atoms with E-state index in [-0.39, 0.29) is 5.56 Å². The van der Waals surface area contributed by atoms with Gasteiger partial charge < -0.3 is 4.74 Å². The van der Waals surface area contributed by atoms with Gasteiger partial charge >= 0.3 is 0 Å². The van der Waals surface area contributed by atoms with Crippen LogP contribution in [0.3, 0.4) is 0 Å². The zero-order chi connectivity index (χ0) is 16.8. The van der Waals surface area contributed by atoms with Crippen LogP contribution in [0.5, 0.6) is 5.75 Å². The van der Waals surface area contributed by atoms with Crippen LogP contribution in [0.25, 0.3) is 22.4 Å². The number of nitrogens with zero attached hydrogens (tertiary/aromatic N) is 5. The van der Waals surface area contributed by atoms with E-state index in [0.717, 1.165) is 0 Å². The Labute approximate surface area is 141 Å². The first kappa shape index (κ1) is 14.6. The molecule has 7 nitrogen and oxygen atoms in total. The minimum absolute atomic E-state index is 0.226. The number of hydrogen-bond donors (Lipinski definition) is 0. The van der Waals surface area contributed by atoms with Crippen molar-refractivity contribution in [3.8, 4) is 11.4 Å². The molecule has 0 fully saturated rings. The first-order valence-electron chi connectivity index (χ1n) is 7.16. The van der Waals surface area contributed by atoms with Crippen LogP contribution in [0, 0.1) is 6.92 Å². The highest BCUT2D eigenvalue weighted by atomic mass is 35.5. The van der Waals surface area contributed by atoms with Crippen molar-refractivity contribution in [2.45, 2.75) is 6.92 Å². The number of pyridine rings is 1. The highest BCUT2D eigenvalue weighted by molar-refractivity contribution is 6.30. The van der Waals surface area contributed by atoms with Gasteiger partial charge in [-0.2, -0.15) is 14.6 Å². The quantitative estimate of drug-likeness (QED) is 0.559. The lowest BCUT2D eigenvalue weighted by atomic mass is 10.2. The number of ether oxygens (including phenoxy) is 1. The number of halogens is 1. The number of fused-ring (bicyclic) bond motifs is 3. The zero-order valence-electron chi connectivity index (χ0n) is 12.9. The zero-order valence-corrected chi connectivity index (χ0v) is 13.7. The normalized spacial score (nSPS) is 11.3. The average Bonchev–Trinajstić information content (AvgIpc) is 3.03. The molecule has 3 aromatic heterocycles. The van der Waals surface area contributed by atoms with E-state index in [0.29, 0.717) is 38.8 Å². The SMILES string of the molecule is COc1ccc(Cl)cc1-n1ccc2c(c(C)nc3ncnn32)c1=O. The van der Waals surface area contributed by atoms with E-state index in [4.69, 9.17) is 16.3 Å². The van der Waals surface area contributed by atoms with Gasteiger partial charge in [-0.3, -0.25) is 9.36 Å². The number of rotatable bonds is 2. The summed E-state index contributed by atoms with van der Waals surface area (Å²) in [6.07, 6.45) is 3.08. The Balaban J connectivity index is 2.11. The van der Waals surface area contributed by atoms with Crippen LogP contribution in [0.15, 0.2) is 41.6 Å². The molecule has 3 heterocycles. The van der Waals surface area contributed by atoms with Crippen LogP contribution in [0.2, 0.25) is 5.02 Å². The maximum Gasteiger partial charge on any atom is 0.266 e. The first-order chi connectivity index (χ1) is 11.6. The van der Waals surface area contributed by atoms with Crippen LogP contribution in [0.1, 0.15) is 5.69 Å². The summed E-state index contributed by atoms with van der Waals surface area (Å²) in [5.74, 6) is 1.01. The molecule has 4 rings (SSSR count). The Bertz CT molecular complexity index is 1150. The van der Waals surface area contributed by atoms with Crippen molar-refractivity contribution >= 4 is 28.3 Å². The van der Waals surface area contributed by atoms with Crippen molar-refractivity contribution in [1.82, 2.24) is 24.1 Å². The summed E-state index contributed by atoms with van der Waals surface area (Å²) in [6.45, 7) is 1.78. The van der Waals surface area contributed by atoms with E-state index in [1.54, 1.807) is 49.0 Å².